The SMILES string of the molecule is CCC(CC)(C(=O)N[C@@H](C)C(O)OC)C(F)(F)F. The first-order valence-electron chi connectivity index (χ1n) is 5.74. The third-order valence-corrected chi connectivity index (χ3v) is 3.21. The lowest BCUT2D eigenvalue weighted by molar-refractivity contribution is -0.225. The van der Waals surface area contributed by atoms with Crippen LogP contribution in [0.2, 0.25) is 0 Å². The lowest BCUT2D eigenvalue weighted by Crippen LogP contribution is -2.54. The Morgan fingerprint density at radius 2 is 1.78 bits per heavy atom. The molecule has 4 nitrogen and oxygen atoms in total. The molecule has 0 fully saturated rings. The molecule has 0 aromatic rings. The Kier molecular flexibility index (Phi) is 6.09. The van der Waals surface area contributed by atoms with Crippen LogP contribution in [0, 0.1) is 5.41 Å². The standard InChI is InChI=1S/C11H20F3NO3/c1-5-10(6-2,11(12,13)14)9(17)15-7(3)8(16)18-4/h7-8,16H,5-6H2,1-4H3,(H,15,17)/t7-,8?/m0/s1. The number of methoxy groups -OCH3 is 1. The van der Waals surface area contributed by atoms with E-state index in [1.54, 1.807) is 0 Å². The molecule has 0 heterocycles. The molecule has 108 valence electrons. The molecule has 7 heteroatoms. The molecule has 0 aliphatic rings. The number of amides is 1. The molecule has 0 aliphatic carbocycles. The van der Waals surface area contributed by atoms with Gasteiger partial charge in [-0.25, -0.2) is 0 Å². The lowest BCUT2D eigenvalue weighted by atomic mass is 9.80. The van der Waals surface area contributed by atoms with Crippen molar-refractivity contribution in [1.29, 1.82) is 0 Å². The number of hydrogen-bond donors (Lipinski definition) is 2. The summed E-state index contributed by atoms with van der Waals surface area (Å²) in [7, 11) is 1.20. The van der Waals surface area contributed by atoms with Crippen LogP contribution in [0.3, 0.4) is 0 Å². The Morgan fingerprint density at radius 3 is 2.06 bits per heavy atom. The Balaban J connectivity index is 5.01. The number of halogens is 3. The first-order chi connectivity index (χ1) is 8.16. The normalized spacial score (nSPS) is 16.2. The zero-order chi connectivity index (χ0) is 14.6. The number of ether oxygens (including phenoxy) is 1. The highest BCUT2D eigenvalue weighted by molar-refractivity contribution is 5.83. The average Bonchev–Trinajstić information content (AvgIpc) is 2.28. The van der Waals surface area contributed by atoms with Gasteiger partial charge in [-0.1, -0.05) is 13.8 Å². The van der Waals surface area contributed by atoms with E-state index in [1.165, 1.54) is 27.9 Å². The van der Waals surface area contributed by atoms with Crippen molar-refractivity contribution < 1.29 is 27.8 Å². The number of aliphatic hydroxyl groups is 1. The van der Waals surface area contributed by atoms with Crippen LogP contribution in [-0.2, 0) is 9.53 Å². The maximum absolute atomic E-state index is 13.0. The maximum Gasteiger partial charge on any atom is 0.403 e. The van der Waals surface area contributed by atoms with Gasteiger partial charge < -0.3 is 15.2 Å². The number of hydrogen-bond acceptors (Lipinski definition) is 3. The summed E-state index contributed by atoms with van der Waals surface area (Å²) in [5.41, 5.74) is -2.42. The van der Waals surface area contributed by atoms with Crippen molar-refractivity contribution in [3.05, 3.63) is 0 Å². The minimum atomic E-state index is -4.63. The molecule has 0 rings (SSSR count). The van der Waals surface area contributed by atoms with Crippen molar-refractivity contribution in [2.45, 2.75) is 52.1 Å². The number of carbonyl (C=O) groups is 1. The van der Waals surface area contributed by atoms with E-state index in [2.05, 4.69) is 10.1 Å². The molecular formula is C11H20F3NO3. The van der Waals surface area contributed by atoms with Crippen LogP contribution in [0.1, 0.15) is 33.6 Å². The minimum absolute atomic E-state index is 0.353. The number of aliphatic hydroxyl groups excluding tert-OH is 1. The summed E-state index contributed by atoms with van der Waals surface area (Å²) in [4.78, 5) is 11.8. The molecule has 0 aliphatic heterocycles. The zero-order valence-electron chi connectivity index (χ0n) is 11.0. The van der Waals surface area contributed by atoms with E-state index in [0.29, 0.717) is 0 Å². The molecule has 0 saturated carbocycles. The van der Waals surface area contributed by atoms with Crippen LogP contribution in [0.5, 0.6) is 0 Å². The highest BCUT2D eigenvalue weighted by Crippen LogP contribution is 2.44. The van der Waals surface area contributed by atoms with E-state index in [0.717, 1.165) is 0 Å². The summed E-state index contributed by atoms with van der Waals surface area (Å²) in [6.45, 7) is 4.00. The van der Waals surface area contributed by atoms with Gasteiger partial charge in [0.1, 0.15) is 5.41 Å². The molecule has 1 unspecified atom stereocenters. The molecule has 0 bridgehead atoms. The van der Waals surface area contributed by atoms with Crippen molar-refractivity contribution in [1.82, 2.24) is 5.32 Å². The van der Waals surface area contributed by atoms with Gasteiger partial charge in [-0.15, -0.1) is 0 Å². The lowest BCUT2D eigenvalue weighted by Gasteiger charge is -2.34. The molecule has 0 aromatic carbocycles. The maximum atomic E-state index is 13.0. The third kappa shape index (κ3) is 3.35. The Morgan fingerprint density at radius 1 is 1.33 bits per heavy atom. The summed E-state index contributed by atoms with van der Waals surface area (Å²) >= 11 is 0. The van der Waals surface area contributed by atoms with Gasteiger partial charge in [-0.05, 0) is 19.8 Å². The molecule has 1 amide bonds. The van der Waals surface area contributed by atoms with Crippen LogP contribution in [0.15, 0.2) is 0 Å². The van der Waals surface area contributed by atoms with Gasteiger partial charge >= 0.3 is 6.18 Å². The number of nitrogens with one attached hydrogen (secondary N) is 1. The van der Waals surface area contributed by atoms with Crippen LogP contribution >= 0.6 is 0 Å². The quantitative estimate of drug-likeness (QED) is 0.724. The molecule has 0 spiro atoms. The fraction of sp³-hybridized carbons (Fsp3) is 0.909. The first-order valence-corrected chi connectivity index (χ1v) is 5.74. The summed E-state index contributed by atoms with van der Waals surface area (Å²) in [6.07, 6.45) is -6.67. The van der Waals surface area contributed by atoms with Crippen LogP contribution < -0.4 is 5.32 Å². The molecule has 0 saturated heterocycles. The van der Waals surface area contributed by atoms with E-state index < -0.39 is 29.8 Å². The highest BCUT2D eigenvalue weighted by atomic mass is 19.4. The highest BCUT2D eigenvalue weighted by Gasteiger charge is 2.57. The van der Waals surface area contributed by atoms with Gasteiger partial charge in [-0.3, -0.25) is 4.79 Å². The third-order valence-electron chi connectivity index (χ3n) is 3.21. The topological polar surface area (TPSA) is 58.6 Å². The van der Waals surface area contributed by atoms with Gasteiger partial charge in [0.25, 0.3) is 0 Å². The van der Waals surface area contributed by atoms with Crippen LogP contribution in [0.25, 0.3) is 0 Å². The van der Waals surface area contributed by atoms with Gasteiger partial charge in [0.15, 0.2) is 6.29 Å². The van der Waals surface area contributed by atoms with Gasteiger partial charge in [0.2, 0.25) is 5.91 Å². The second kappa shape index (κ2) is 6.38. The summed E-state index contributed by atoms with van der Waals surface area (Å²) in [5.74, 6) is -1.14. The van der Waals surface area contributed by atoms with E-state index in [-0.39, 0.29) is 12.8 Å². The Hall–Kier alpha value is -0.820. The van der Waals surface area contributed by atoms with Crippen molar-refractivity contribution in [2.75, 3.05) is 7.11 Å². The average molecular weight is 271 g/mol. The largest absolute Gasteiger partial charge is 0.403 e. The minimum Gasteiger partial charge on any atom is -0.366 e. The molecule has 18 heavy (non-hydrogen) atoms. The molecular weight excluding hydrogens is 251 g/mol. The summed E-state index contributed by atoms with van der Waals surface area (Å²) < 4.78 is 43.6. The van der Waals surface area contributed by atoms with Gasteiger partial charge in [-0.2, -0.15) is 13.2 Å². The fourth-order valence-corrected chi connectivity index (χ4v) is 1.72. The molecule has 2 atom stereocenters. The first kappa shape index (κ1) is 17.2. The predicted octanol–water partition coefficient (Wildman–Crippen LogP) is 1.82. The van der Waals surface area contributed by atoms with Crippen molar-refractivity contribution in [2.24, 2.45) is 5.41 Å². The van der Waals surface area contributed by atoms with Crippen molar-refractivity contribution >= 4 is 5.91 Å². The van der Waals surface area contributed by atoms with Crippen LogP contribution in [-0.4, -0.2) is 36.6 Å². The molecule has 0 radical (unpaired) electrons. The van der Waals surface area contributed by atoms with E-state index >= 15 is 0 Å². The second-order valence-corrected chi connectivity index (χ2v) is 4.18. The Bertz CT molecular complexity index is 277. The monoisotopic (exact) mass is 271 g/mol. The Labute approximate surface area is 105 Å². The number of rotatable bonds is 6. The van der Waals surface area contributed by atoms with Crippen molar-refractivity contribution in [3.63, 3.8) is 0 Å². The van der Waals surface area contributed by atoms with Gasteiger partial charge in [0.05, 0.1) is 6.04 Å². The molecule has 0 aromatic heterocycles. The zero-order valence-corrected chi connectivity index (χ0v) is 11.0. The molecule has 2 N–H and O–H groups in total. The fourth-order valence-electron chi connectivity index (χ4n) is 1.72. The smallest absolute Gasteiger partial charge is 0.366 e. The van der Waals surface area contributed by atoms with E-state index in [9.17, 15) is 23.1 Å². The van der Waals surface area contributed by atoms with E-state index in [1.807, 2.05) is 0 Å². The summed E-state index contributed by atoms with van der Waals surface area (Å²) in [6, 6.07) is -0.915. The van der Waals surface area contributed by atoms with E-state index in [4.69, 9.17) is 0 Å². The summed E-state index contributed by atoms with van der Waals surface area (Å²) in [5, 5.41) is 11.4. The number of alkyl halides is 3. The van der Waals surface area contributed by atoms with Gasteiger partial charge in [0, 0.05) is 7.11 Å². The van der Waals surface area contributed by atoms with Crippen LogP contribution in [0.4, 0.5) is 13.2 Å². The number of carbonyl (C=O) groups excluding carboxylic acids is 1. The predicted molar refractivity (Wildman–Crippen MR) is 59.7 cm³/mol. The van der Waals surface area contributed by atoms with Crippen molar-refractivity contribution in [3.8, 4) is 0 Å². The second-order valence-electron chi connectivity index (χ2n) is 4.18.